The highest BCUT2D eigenvalue weighted by Crippen LogP contribution is 2.31. The quantitative estimate of drug-likeness (QED) is 0.825. The number of nitrogens with zero attached hydrogens (tertiary/aromatic N) is 2. The van der Waals surface area contributed by atoms with Crippen LogP contribution in [0.5, 0.6) is 0 Å². The van der Waals surface area contributed by atoms with Crippen molar-refractivity contribution < 1.29 is 17.9 Å². The molecule has 0 saturated heterocycles. The van der Waals surface area contributed by atoms with Crippen LogP contribution in [0.2, 0.25) is 0 Å². The summed E-state index contributed by atoms with van der Waals surface area (Å²) in [6.45, 7) is 3.87. The molecule has 2 N–H and O–H groups in total. The van der Waals surface area contributed by atoms with Crippen LogP contribution in [-0.2, 0) is 26.0 Å². The van der Waals surface area contributed by atoms with Gasteiger partial charge in [-0.25, -0.2) is 8.42 Å². The van der Waals surface area contributed by atoms with Gasteiger partial charge in [-0.1, -0.05) is 6.07 Å². The summed E-state index contributed by atoms with van der Waals surface area (Å²) in [5.74, 6) is -0.144. The number of sulfonamides is 1. The van der Waals surface area contributed by atoms with E-state index in [2.05, 4.69) is 14.9 Å². The first-order valence-corrected chi connectivity index (χ1v) is 9.78. The molecule has 0 atom stereocenters. The van der Waals surface area contributed by atoms with Crippen LogP contribution in [0.3, 0.4) is 0 Å². The maximum atomic E-state index is 12.7. The lowest BCUT2D eigenvalue weighted by molar-refractivity contribution is -0.122. The summed E-state index contributed by atoms with van der Waals surface area (Å²) in [5.41, 5.74) is 3.02. The molecule has 0 spiro atoms. The number of methoxy groups -OCH3 is 1. The number of hydrogen-bond donors (Lipinski definition) is 2. The first-order valence-electron chi connectivity index (χ1n) is 8.30. The fourth-order valence-electron chi connectivity index (χ4n) is 3.24. The number of rotatable bonds is 5. The normalized spacial score (nSPS) is 14.2. The highest BCUT2D eigenvalue weighted by molar-refractivity contribution is 7.92. The Morgan fingerprint density at radius 2 is 2.15 bits per heavy atom. The number of hydrogen-bond acceptors (Lipinski definition) is 5. The van der Waals surface area contributed by atoms with Gasteiger partial charge in [-0.3, -0.25) is 14.6 Å². The Balaban J connectivity index is 1.93. The van der Waals surface area contributed by atoms with Crippen LogP contribution in [0.25, 0.3) is 0 Å². The lowest BCUT2D eigenvalue weighted by Gasteiger charge is -2.30. The van der Waals surface area contributed by atoms with Gasteiger partial charge in [0.1, 0.15) is 11.5 Å². The van der Waals surface area contributed by atoms with Crippen LogP contribution in [0.1, 0.15) is 23.4 Å². The summed E-state index contributed by atoms with van der Waals surface area (Å²) in [4.78, 5) is 14.1. The molecule has 0 unspecified atom stereocenters. The predicted octanol–water partition coefficient (Wildman–Crippen LogP) is 1.75. The smallest absolute Gasteiger partial charge is 0.265 e. The number of aryl methyl sites for hydroxylation is 3. The monoisotopic (exact) mass is 378 g/mol. The molecule has 2 aromatic rings. The molecule has 0 radical (unpaired) electrons. The Bertz CT molecular complexity index is 917. The SMILES string of the molecule is COCC(=O)N1CCCc2ccc(NS(=O)(=O)c3c(C)n[nH]c3C)cc21. The Labute approximate surface area is 152 Å². The molecule has 1 amide bonds. The van der Waals surface area contributed by atoms with Crippen LogP contribution in [0.15, 0.2) is 23.1 Å². The number of ether oxygens (including phenoxy) is 1. The fraction of sp³-hybridized carbons (Fsp3) is 0.412. The number of nitrogens with one attached hydrogen (secondary N) is 2. The van der Waals surface area contributed by atoms with Gasteiger partial charge in [-0.2, -0.15) is 5.10 Å². The summed E-state index contributed by atoms with van der Waals surface area (Å²) < 4.78 is 33.0. The van der Waals surface area contributed by atoms with Crippen LogP contribution >= 0.6 is 0 Å². The van der Waals surface area contributed by atoms with Gasteiger partial charge >= 0.3 is 0 Å². The molecule has 9 heteroatoms. The maximum Gasteiger partial charge on any atom is 0.265 e. The van der Waals surface area contributed by atoms with E-state index >= 15 is 0 Å². The molecule has 26 heavy (non-hydrogen) atoms. The lowest BCUT2D eigenvalue weighted by Crippen LogP contribution is -2.37. The van der Waals surface area contributed by atoms with Crippen molar-refractivity contribution in [2.45, 2.75) is 31.6 Å². The highest BCUT2D eigenvalue weighted by atomic mass is 32.2. The molecule has 0 bridgehead atoms. The van der Waals surface area contributed by atoms with Crippen molar-refractivity contribution in [2.75, 3.05) is 29.9 Å². The fourth-order valence-corrected chi connectivity index (χ4v) is 4.66. The van der Waals surface area contributed by atoms with Crippen molar-refractivity contribution in [1.82, 2.24) is 10.2 Å². The molecule has 0 aliphatic carbocycles. The van der Waals surface area contributed by atoms with Gasteiger partial charge in [-0.15, -0.1) is 0 Å². The Morgan fingerprint density at radius 1 is 1.38 bits per heavy atom. The number of benzene rings is 1. The maximum absolute atomic E-state index is 12.7. The zero-order valence-electron chi connectivity index (χ0n) is 15.0. The molecule has 140 valence electrons. The van der Waals surface area contributed by atoms with Gasteiger partial charge in [-0.05, 0) is 44.4 Å². The second-order valence-corrected chi connectivity index (χ2v) is 7.91. The van der Waals surface area contributed by atoms with Crippen molar-refractivity contribution in [1.29, 1.82) is 0 Å². The Kier molecular flexibility index (Phi) is 5.01. The highest BCUT2D eigenvalue weighted by Gasteiger charge is 2.25. The van der Waals surface area contributed by atoms with Gasteiger partial charge in [0.2, 0.25) is 0 Å². The summed E-state index contributed by atoms with van der Waals surface area (Å²) in [7, 11) is -2.30. The molecule has 0 saturated carbocycles. The van der Waals surface area contributed by atoms with Crippen molar-refractivity contribution in [2.24, 2.45) is 0 Å². The molecule has 8 nitrogen and oxygen atoms in total. The largest absolute Gasteiger partial charge is 0.375 e. The van der Waals surface area contributed by atoms with Gasteiger partial charge < -0.3 is 9.64 Å². The molecule has 1 aromatic heterocycles. The number of aromatic amines is 1. The standard InChI is InChI=1S/C17H22N4O4S/c1-11-17(12(2)19-18-11)26(23,24)20-14-7-6-13-5-4-8-21(15(13)9-14)16(22)10-25-3/h6-7,9,20H,4-5,8,10H2,1-3H3,(H,18,19). The number of carbonyl (C=O) groups excluding carboxylic acids is 1. The summed E-state index contributed by atoms with van der Waals surface area (Å²) >= 11 is 0. The van der Waals surface area contributed by atoms with E-state index in [9.17, 15) is 13.2 Å². The molecule has 3 rings (SSSR count). The van der Waals surface area contributed by atoms with Crippen LogP contribution in [0.4, 0.5) is 11.4 Å². The number of aromatic nitrogens is 2. The van der Waals surface area contributed by atoms with E-state index in [4.69, 9.17) is 4.74 Å². The van der Waals surface area contributed by atoms with Crippen molar-refractivity contribution in [3.8, 4) is 0 Å². The third kappa shape index (κ3) is 3.45. The zero-order valence-corrected chi connectivity index (χ0v) is 15.8. The second kappa shape index (κ2) is 7.08. The van der Waals surface area contributed by atoms with E-state index in [1.807, 2.05) is 6.07 Å². The summed E-state index contributed by atoms with van der Waals surface area (Å²) in [5, 5.41) is 6.62. The molecule has 1 aliphatic rings. The van der Waals surface area contributed by atoms with E-state index in [1.54, 1.807) is 30.9 Å². The molecule has 2 heterocycles. The molecule has 1 aliphatic heterocycles. The minimum Gasteiger partial charge on any atom is -0.375 e. The van der Waals surface area contributed by atoms with Crippen LogP contribution in [0, 0.1) is 13.8 Å². The number of anilines is 2. The van der Waals surface area contributed by atoms with E-state index in [-0.39, 0.29) is 17.4 Å². The van der Waals surface area contributed by atoms with Gasteiger partial charge in [0.25, 0.3) is 15.9 Å². The third-order valence-corrected chi connectivity index (χ3v) is 6.00. The van der Waals surface area contributed by atoms with E-state index in [1.165, 1.54) is 7.11 Å². The molecule has 1 aromatic carbocycles. The topological polar surface area (TPSA) is 104 Å². The van der Waals surface area contributed by atoms with Gasteiger partial charge in [0.05, 0.1) is 17.1 Å². The molecule has 0 fully saturated rings. The van der Waals surface area contributed by atoms with Gasteiger partial charge in [0.15, 0.2) is 0 Å². The number of amides is 1. The zero-order chi connectivity index (χ0) is 18.9. The predicted molar refractivity (Wildman–Crippen MR) is 97.9 cm³/mol. The van der Waals surface area contributed by atoms with Crippen LogP contribution in [-0.4, -0.2) is 44.8 Å². The number of H-pyrrole nitrogens is 1. The first-order chi connectivity index (χ1) is 12.3. The van der Waals surface area contributed by atoms with Gasteiger partial charge in [0, 0.05) is 19.3 Å². The Hall–Kier alpha value is -2.39. The van der Waals surface area contributed by atoms with E-state index < -0.39 is 10.0 Å². The first kappa shape index (κ1) is 18.4. The van der Waals surface area contributed by atoms with E-state index in [0.29, 0.717) is 23.6 Å². The van der Waals surface area contributed by atoms with Crippen molar-refractivity contribution >= 4 is 27.3 Å². The van der Waals surface area contributed by atoms with E-state index in [0.717, 1.165) is 24.1 Å². The number of fused-ring (bicyclic) bond motifs is 1. The minimum absolute atomic E-state index is 0.0111. The minimum atomic E-state index is -3.78. The third-order valence-electron chi connectivity index (χ3n) is 4.35. The average molecular weight is 378 g/mol. The molecular weight excluding hydrogens is 356 g/mol. The second-order valence-electron chi connectivity index (χ2n) is 6.29. The summed E-state index contributed by atoms with van der Waals surface area (Å²) in [6, 6.07) is 5.27. The van der Waals surface area contributed by atoms with Crippen LogP contribution < -0.4 is 9.62 Å². The molecular formula is C17H22N4O4S. The number of carbonyl (C=O) groups is 1. The lowest BCUT2D eigenvalue weighted by atomic mass is 10.0. The average Bonchev–Trinajstić information content (AvgIpc) is 2.93. The van der Waals surface area contributed by atoms with Crippen molar-refractivity contribution in [3.05, 3.63) is 35.2 Å². The Morgan fingerprint density at radius 3 is 2.81 bits per heavy atom. The summed E-state index contributed by atoms with van der Waals surface area (Å²) in [6.07, 6.45) is 1.71. The van der Waals surface area contributed by atoms with Crippen molar-refractivity contribution in [3.63, 3.8) is 0 Å².